The number of nitrogens with zero attached hydrogens (tertiary/aromatic N) is 1. The highest BCUT2D eigenvalue weighted by Gasteiger charge is 2.22. The van der Waals surface area contributed by atoms with Crippen LogP contribution in [0.15, 0.2) is 102 Å². The SMILES string of the molecule is Cc1ccc(-c2ccccc2C(CNS(=O)(=O)c2cccc(F)c2)c2ccccc2)nc1. The van der Waals surface area contributed by atoms with E-state index in [-0.39, 0.29) is 17.4 Å². The largest absolute Gasteiger partial charge is 0.256 e. The third-order valence-corrected chi connectivity index (χ3v) is 6.73. The van der Waals surface area contributed by atoms with Gasteiger partial charge in [0.2, 0.25) is 10.0 Å². The molecule has 0 aliphatic heterocycles. The van der Waals surface area contributed by atoms with Crippen LogP contribution < -0.4 is 4.72 Å². The van der Waals surface area contributed by atoms with Gasteiger partial charge >= 0.3 is 0 Å². The molecule has 1 atom stereocenters. The number of sulfonamides is 1. The van der Waals surface area contributed by atoms with Crippen LogP contribution in [-0.4, -0.2) is 19.9 Å². The Morgan fingerprint density at radius 1 is 0.906 bits per heavy atom. The number of aromatic nitrogens is 1. The molecule has 0 aliphatic carbocycles. The van der Waals surface area contributed by atoms with Gasteiger partial charge in [-0.3, -0.25) is 4.98 Å². The molecule has 0 aliphatic rings. The van der Waals surface area contributed by atoms with Crippen molar-refractivity contribution in [3.05, 3.63) is 120 Å². The second kappa shape index (κ2) is 9.42. The van der Waals surface area contributed by atoms with Crippen LogP contribution in [0.3, 0.4) is 0 Å². The zero-order valence-corrected chi connectivity index (χ0v) is 18.4. The Balaban J connectivity index is 1.73. The van der Waals surface area contributed by atoms with Crippen LogP contribution in [-0.2, 0) is 10.0 Å². The molecule has 0 spiro atoms. The monoisotopic (exact) mass is 446 g/mol. The van der Waals surface area contributed by atoms with Crippen molar-refractivity contribution >= 4 is 10.0 Å². The smallest absolute Gasteiger partial charge is 0.240 e. The summed E-state index contributed by atoms with van der Waals surface area (Å²) in [6.45, 7) is 2.10. The maximum atomic E-state index is 13.6. The number of rotatable bonds is 7. The van der Waals surface area contributed by atoms with Crippen molar-refractivity contribution in [1.29, 1.82) is 0 Å². The summed E-state index contributed by atoms with van der Waals surface area (Å²) < 4.78 is 42.0. The average molecular weight is 447 g/mol. The molecule has 4 aromatic rings. The number of benzene rings is 3. The van der Waals surface area contributed by atoms with Gasteiger partial charge in [-0.2, -0.15) is 0 Å². The number of pyridine rings is 1. The summed E-state index contributed by atoms with van der Waals surface area (Å²) in [5.74, 6) is -0.859. The fraction of sp³-hybridized carbons (Fsp3) is 0.115. The number of aryl methyl sites for hydroxylation is 1. The van der Waals surface area contributed by atoms with Crippen LogP contribution in [0.4, 0.5) is 4.39 Å². The van der Waals surface area contributed by atoms with Crippen LogP contribution in [0.25, 0.3) is 11.3 Å². The summed E-state index contributed by atoms with van der Waals surface area (Å²) >= 11 is 0. The molecule has 0 fully saturated rings. The Morgan fingerprint density at radius 3 is 2.38 bits per heavy atom. The van der Waals surface area contributed by atoms with E-state index in [0.717, 1.165) is 34.0 Å². The lowest BCUT2D eigenvalue weighted by Gasteiger charge is -2.22. The first-order chi connectivity index (χ1) is 15.4. The average Bonchev–Trinajstić information content (AvgIpc) is 2.81. The number of nitrogens with one attached hydrogen (secondary N) is 1. The minimum atomic E-state index is -3.88. The van der Waals surface area contributed by atoms with Gasteiger partial charge in [0.25, 0.3) is 0 Å². The third kappa shape index (κ3) is 4.93. The molecule has 1 aromatic heterocycles. The van der Waals surface area contributed by atoms with Crippen molar-refractivity contribution in [1.82, 2.24) is 9.71 Å². The Bertz CT molecular complexity index is 1310. The number of hydrogen-bond acceptors (Lipinski definition) is 3. The molecule has 32 heavy (non-hydrogen) atoms. The topological polar surface area (TPSA) is 59.1 Å². The third-order valence-electron chi connectivity index (χ3n) is 5.31. The van der Waals surface area contributed by atoms with Crippen molar-refractivity contribution in [3.8, 4) is 11.3 Å². The van der Waals surface area contributed by atoms with E-state index < -0.39 is 15.8 Å². The summed E-state index contributed by atoms with van der Waals surface area (Å²) in [7, 11) is -3.88. The zero-order chi connectivity index (χ0) is 22.6. The summed E-state index contributed by atoms with van der Waals surface area (Å²) in [4.78, 5) is 4.47. The molecule has 162 valence electrons. The van der Waals surface area contributed by atoms with Gasteiger partial charge in [-0.1, -0.05) is 66.7 Å². The van der Waals surface area contributed by atoms with Crippen LogP contribution in [0.2, 0.25) is 0 Å². The predicted molar refractivity (Wildman–Crippen MR) is 124 cm³/mol. The highest BCUT2D eigenvalue weighted by molar-refractivity contribution is 7.89. The lowest BCUT2D eigenvalue weighted by molar-refractivity contribution is 0.574. The van der Waals surface area contributed by atoms with Gasteiger partial charge in [-0.05, 0) is 47.9 Å². The molecule has 3 aromatic carbocycles. The molecular formula is C26H23FN2O2S. The fourth-order valence-electron chi connectivity index (χ4n) is 3.66. The van der Waals surface area contributed by atoms with Gasteiger partial charge in [-0.25, -0.2) is 17.5 Å². The molecule has 1 unspecified atom stereocenters. The number of hydrogen-bond donors (Lipinski definition) is 1. The minimum absolute atomic E-state index is 0.0993. The van der Waals surface area contributed by atoms with Crippen molar-refractivity contribution in [2.75, 3.05) is 6.54 Å². The molecule has 4 nitrogen and oxygen atoms in total. The second-order valence-corrected chi connectivity index (χ2v) is 9.35. The van der Waals surface area contributed by atoms with Gasteiger partial charge in [-0.15, -0.1) is 0 Å². The van der Waals surface area contributed by atoms with Crippen molar-refractivity contribution in [2.45, 2.75) is 17.7 Å². The molecule has 0 saturated heterocycles. The Morgan fingerprint density at radius 2 is 1.66 bits per heavy atom. The van der Waals surface area contributed by atoms with Crippen LogP contribution >= 0.6 is 0 Å². The van der Waals surface area contributed by atoms with Gasteiger partial charge in [0.05, 0.1) is 10.6 Å². The predicted octanol–water partition coefficient (Wildman–Crippen LogP) is 5.31. The molecular weight excluding hydrogens is 423 g/mol. The van der Waals surface area contributed by atoms with E-state index in [4.69, 9.17) is 0 Å². The van der Waals surface area contributed by atoms with Crippen LogP contribution in [0, 0.1) is 12.7 Å². The Hall–Kier alpha value is -3.35. The quantitative estimate of drug-likeness (QED) is 0.419. The normalized spacial score (nSPS) is 12.4. The van der Waals surface area contributed by atoms with Crippen LogP contribution in [0.1, 0.15) is 22.6 Å². The number of halogens is 1. The zero-order valence-electron chi connectivity index (χ0n) is 17.6. The van der Waals surface area contributed by atoms with E-state index >= 15 is 0 Å². The van der Waals surface area contributed by atoms with Gasteiger partial charge in [0, 0.05) is 24.2 Å². The summed E-state index contributed by atoms with van der Waals surface area (Å²) in [6.07, 6.45) is 1.82. The maximum Gasteiger partial charge on any atom is 0.240 e. The van der Waals surface area contributed by atoms with Crippen molar-refractivity contribution < 1.29 is 12.8 Å². The lowest BCUT2D eigenvalue weighted by atomic mass is 9.87. The van der Waals surface area contributed by atoms with E-state index in [9.17, 15) is 12.8 Å². The summed E-state index contributed by atoms with van der Waals surface area (Å²) in [5.41, 5.74) is 4.74. The van der Waals surface area contributed by atoms with E-state index in [1.807, 2.05) is 79.9 Å². The lowest BCUT2D eigenvalue weighted by Crippen LogP contribution is -2.29. The summed E-state index contributed by atoms with van der Waals surface area (Å²) in [5, 5.41) is 0. The van der Waals surface area contributed by atoms with Gasteiger partial charge in [0.1, 0.15) is 5.82 Å². The molecule has 0 amide bonds. The Labute approximate surface area is 187 Å². The minimum Gasteiger partial charge on any atom is -0.256 e. The molecule has 0 bridgehead atoms. The molecule has 0 radical (unpaired) electrons. The maximum absolute atomic E-state index is 13.6. The summed E-state index contributed by atoms with van der Waals surface area (Å²) in [6, 6.07) is 26.6. The first-order valence-electron chi connectivity index (χ1n) is 10.3. The molecule has 6 heteroatoms. The second-order valence-electron chi connectivity index (χ2n) is 7.58. The van der Waals surface area contributed by atoms with E-state index in [2.05, 4.69) is 9.71 Å². The first-order valence-corrected chi connectivity index (χ1v) is 11.7. The van der Waals surface area contributed by atoms with Crippen molar-refractivity contribution in [2.24, 2.45) is 0 Å². The van der Waals surface area contributed by atoms with E-state index in [0.29, 0.717) is 0 Å². The molecule has 1 N–H and O–H groups in total. The van der Waals surface area contributed by atoms with Gasteiger partial charge < -0.3 is 0 Å². The highest BCUT2D eigenvalue weighted by atomic mass is 32.2. The van der Waals surface area contributed by atoms with E-state index in [1.54, 1.807) is 0 Å². The van der Waals surface area contributed by atoms with Gasteiger partial charge in [0.15, 0.2) is 0 Å². The Kier molecular flexibility index (Phi) is 6.44. The van der Waals surface area contributed by atoms with Crippen molar-refractivity contribution in [3.63, 3.8) is 0 Å². The fourth-order valence-corrected chi connectivity index (χ4v) is 4.74. The first kappa shape index (κ1) is 21.9. The van der Waals surface area contributed by atoms with E-state index in [1.165, 1.54) is 18.2 Å². The molecule has 4 rings (SSSR count). The standard InChI is InChI=1S/C26H23FN2O2S/c1-19-14-15-26(28-17-19)24-13-6-5-12-23(24)25(20-8-3-2-4-9-20)18-29-32(30,31)22-11-7-10-21(27)16-22/h2-17,25,29H,18H2,1H3. The van der Waals surface area contributed by atoms with Crippen LogP contribution in [0.5, 0.6) is 0 Å². The highest BCUT2D eigenvalue weighted by Crippen LogP contribution is 2.32. The molecule has 1 heterocycles. The molecule has 0 saturated carbocycles.